The monoisotopic (exact) mass is 505 g/mol. The van der Waals surface area contributed by atoms with Gasteiger partial charge in [-0.25, -0.2) is 4.21 Å². The molecule has 5 nitrogen and oxygen atoms in total. The van der Waals surface area contributed by atoms with Crippen LogP contribution in [-0.2, 0) is 11.0 Å². The molecule has 0 saturated carbocycles. The highest BCUT2D eigenvalue weighted by Gasteiger charge is 2.16. The minimum Gasteiger partial charge on any atom is -0.505 e. The zero-order valence-electron chi connectivity index (χ0n) is 17.3. The maximum absolute atomic E-state index is 12.8. The Labute approximate surface area is 204 Å². The normalized spacial score (nSPS) is 11.5. The molecular weight excluding hydrogens is 485 g/mol. The van der Waals surface area contributed by atoms with Gasteiger partial charge in [0, 0.05) is 32.2 Å². The maximum Gasteiger partial charge on any atom is 0.155 e. The van der Waals surface area contributed by atoms with E-state index in [-0.39, 0.29) is 5.75 Å². The Bertz CT molecular complexity index is 1300. The SMILES string of the molecule is Cc1c(Cl)cccc1NS(=O)c1cc(S)c(O)c2ncccc12.Cc1c(N)cccc1Cl. The van der Waals surface area contributed by atoms with E-state index in [1.807, 2.05) is 38.1 Å². The van der Waals surface area contributed by atoms with Crippen LogP contribution in [0.5, 0.6) is 5.75 Å². The van der Waals surface area contributed by atoms with Crippen LogP contribution >= 0.6 is 35.8 Å². The Morgan fingerprint density at radius 2 is 1.69 bits per heavy atom. The summed E-state index contributed by atoms with van der Waals surface area (Å²) >= 11 is 16.1. The number of phenolic OH excluding ortho intramolecular Hbond substituents is 1. The first-order valence-corrected chi connectivity index (χ1v) is 11.8. The zero-order chi connectivity index (χ0) is 23.4. The lowest BCUT2D eigenvalue weighted by atomic mass is 10.2. The molecule has 1 unspecified atom stereocenters. The Hall–Kier alpha value is -2.45. The van der Waals surface area contributed by atoms with E-state index >= 15 is 0 Å². The number of nitrogens with one attached hydrogen (secondary N) is 1. The number of fused-ring (bicyclic) bond motifs is 1. The van der Waals surface area contributed by atoms with E-state index in [2.05, 4.69) is 22.3 Å². The number of pyridine rings is 1. The molecule has 0 radical (unpaired) electrons. The number of nitrogens with two attached hydrogens (primary N) is 1. The maximum atomic E-state index is 12.8. The molecule has 3 aromatic carbocycles. The molecule has 32 heavy (non-hydrogen) atoms. The van der Waals surface area contributed by atoms with E-state index < -0.39 is 11.0 Å². The third-order valence-electron chi connectivity index (χ3n) is 4.79. The quantitative estimate of drug-likeness (QED) is 0.187. The second-order valence-electron chi connectivity index (χ2n) is 6.88. The smallest absolute Gasteiger partial charge is 0.155 e. The third-order valence-corrected chi connectivity index (χ3v) is 7.09. The summed E-state index contributed by atoms with van der Waals surface area (Å²) in [6.45, 7) is 3.75. The van der Waals surface area contributed by atoms with Gasteiger partial charge in [0.2, 0.25) is 0 Å². The van der Waals surface area contributed by atoms with Crippen LogP contribution in [0.2, 0.25) is 10.0 Å². The van der Waals surface area contributed by atoms with Crippen molar-refractivity contribution >= 4 is 69.1 Å². The number of halogens is 2. The van der Waals surface area contributed by atoms with E-state index in [0.29, 0.717) is 31.4 Å². The predicted octanol–water partition coefficient (Wildman–Crippen LogP) is 6.56. The van der Waals surface area contributed by atoms with Gasteiger partial charge in [-0.3, -0.25) is 4.98 Å². The lowest BCUT2D eigenvalue weighted by Crippen LogP contribution is -2.07. The summed E-state index contributed by atoms with van der Waals surface area (Å²) in [6, 6.07) is 15.9. The van der Waals surface area contributed by atoms with Gasteiger partial charge in [0.25, 0.3) is 0 Å². The van der Waals surface area contributed by atoms with Gasteiger partial charge in [-0.1, -0.05) is 35.3 Å². The second-order valence-corrected chi connectivity index (χ2v) is 9.36. The minimum atomic E-state index is -1.55. The van der Waals surface area contributed by atoms with Crippen LogP contribution in [0.25, 0.3) is 10.9 Å². The zero-order valence-corrected chi connectivity index (χ0v) is 20.5. The van der Waals surface area contributed by atoms with Crippen molar-refractivity contribution in [3.63, 3.8) is 0 Å². The first-order valence-electron chi connectivity index (χ1n) is 9.44. The Morgan fingerprint density at radius 3 is 2.34 bits per heavy atom. The molecule has 4 N–H and O–H groups in total. The van der Waals surface area contributed by atoms with Crippen molar-refractivity contribution in [2.75, 3.05) is 10.5 Å². The number of thiol groups is 1. The van der Waals surface area contributed by atoms with Crippen molar-refractivity contribution < 1.29 is 9.32 Å². The van der Waals surface area contributed by atoms with E-state index in [1.54, 1.807) is 36.5 Å². The summed E-state index contributed by atoms with van der Waals surface area (Å²) in [6.07, 6.45) is 1.57. The molecule has 0 amide bonds. The number of nitrogen functional groups attached to an aromatic ring is 1. The summed E-state index contributed by atoms with van der Waals surface area (Å²) in [5, 5.41) is 12.0. The average Bonchev–Trinajstić information content (AvgIpc) is 2.78. The van der Waals surface area contributed by atoms with E-state index in [4.69, 9.17) is 28.9 Å². The second kappa shape index (κ2) is 10.4. The number of aromatic nitrogens is 1. The first kappa shape index (κ1) is 24.2. The molecule has 4 aromatic rings. The van der Waals surface area contributed by atoms with E-state index in [1.165, 1.54) is 0 Å². The van der Waals surface area contributed by atoms with Crippen molar-refractivity contribution in [2.24, 2.45) is 0 Å². The van der Waals surface area contributed by atoms with Gasteiger partial charge in [-0.15, -0.1) is 12.6 Å². The van der Waals surface area contributed by atoms with Gasteiger partial charge >= 0.3 is 0 Å². The molecule has 0 fully saturated rings. The Balaban J connectivity index is 0.000000269. The number of hydrogen-bond donors (Lipinski definition) is 4. The van der Waals surface area contributed by atoms with Crippen LogP contribution < -0.4 is 10.5 Å². The van der Waals surface area contributed by atoms with Crippen LogP contribution in [-0.4, -0.2) is 14.3 Å². The van der Waals surface area contributed by atoms with Crippen molar-refractivity contribution in [3.8, 4) is 5.75 Å². The van der Waals surface area contributed by atoms with Crippen molar-refractivity contribution in [1.82, 2.24) is 4.98 Å². The standard InChI is InChI=1S/C16H13ClN2O2S2.C7H8ClN/c1-9-11(17)5-2-6-12(9)19-23(21)14-8-13(22)16(20)15-10(14)4-3-7-18-15;1-5-6(8)3-2-4-7(5)9/h2-8,19-20,22H,1H3;2-4H,9H2,1H3. The number of benzene rings is 3. The van der Waals surface area contributed by atoms with Crippen LogP contribution in [0.4, 0.5) is 11.4 Å². The van der Waals surface area contributed by atoms with Crippen molar-refractivity contribution in [1.29, 1.82) is 0 Å². The van der Waals surface area contributed by atoms with Gasteiger partial charge < -0.3 is 15.6 Å². The number of anilines is 2. The highest BCUT2D eigenvalue weighted by molar-refractivity contribution is 7.86. The van der Waals surface area contributed by atoms with Gasteiger partial charge in [0.05, 0.1) is 10.6 Å². The summed E-state index contributed by atoms with van der Waals surface area (Å²) < 4.78 is 15.7. The molecule has 0 saturated heterocycles. The molecule has 0 spiro atoms. The van der Waals surface area contributed by atoms with Gasteiger partial charge in [-0.05, 0) is 67.4 Å². The first-order chi connectivity index (χ1) is 15.2. The molecular formula is C23H21Cl2N3O2S2. The fraction of sp³-hybridized carbons (Fsp3) is 0.0870. The number of phenols is 1. The van der Waals surface area contributed by atoms with Crippen LogP contribution in [0, 0.1) is 13.8 Å². The van der Waals surface area contributed by atoms with Gasteiger partial charge in [0.15, 0.2) is 16.7 Å². The number of hydrogen-bond acceptors (Lipinski definition) is 5. The highest BCUT2D eigenvalue weighted by Crippen LogP contribution is 2.34. The number of nitrogens with zero attached hydrogens (tertiary/aromatic N) is 1. The van der Waals surface area contributed by atoms with Gasteiger partial charge in [0.1, 0.15) is 5.52 Å². The summed E-state index contributed by atoms with van der Waals surface area (Å²) in [5.41, 5.74) is 9.11. The van der Waals surface area contributed by atoms with Gasteiger partial charge in [-0.2, -0.15) is 0 Å². The fourth-order valence-electron chi connectivity index (χ4n) is 2.83. The topological polar surface area (TPSA) is 88.2 Å². The molecule has 4 rings (SSSR count). The number of aromatic hydroxyl groups is 1. The minimum absolute atomic E-state index is 0.0244. The molecule has 0 aliphatic carbocycles. The van der Waals surface area contributed by atoms with E-state index in [0.717, 1.165) is 21.8 Å². The molecule has 1 heterocycles. The average molecular weight is 506 g/mol. The largest absolute Gasteiger partial charge is 0.505 e. The molecule has 166 valence electrons. The molecule has 1 atom stereocenters. The molecule has 0 aliphatic heterocycles. The highest BCUT2D eigenvalue weighted by atomic mass is 35.5. The van der Waals surface area contributed by atoms with Crippen LogP contribution in [0.1, 0.15) is 11.1 Å². The Morgan fingerprint density at radius 1 is 1.03 bits per heavy atom. The summed E-state index contributed by atoms with van der Waals surface area (Å²) in [4.78, 5) is 4.96. The Kier molecular flexibility index (Phi) is 7.90. The number of rotatable bonds is 3. The summed E-state index contributed by atoms with van der Waals surface area (Å²) in [5.74, 6) is -0.0244. The predicted molar refractivity (Wildman–Crippen MR) is 137 cm³/mol. The van der Waals surface area contributed by atoms with E-state index in [9.17, 15) is 9.32 Å². The molecule has 9 heteroatoms. The fourth-order valence-corrected chi connectivity index (χ4v) is 4.63. The summed E-state index contributed by atoms with van der Waals surface area (Å²) in [7, 11) is -1.55. The van der Waals surface area contributed by atoms with Crippen molar-refractivity contribution in [3.05, 3.63) is 82.0 Å². The van der Waals surface area contributed by atoms with Crippen molar-refractivity contribution in [2.45, 2.75) is 23.6 Å². The lowest BCUT2D eigenvalue weighted by Gasteiger charge is -2.13. The molecule has 0 aliphatic rings. The lowest BCUT2D eigenvalue weighted by molar-refractivity contribution is 0.467. The van der Waals surface area contributed by atoms with Crippen LogP contribution in [0.15, 0.2) is 70.6 Å². The molecule has 1 aromatic heterocycles. The molecule has 0 bridgehead atoms. The third kappa shape index (κ3) is 5.30. The van der Waals surface area contributed by atoms with Crippen LogP contribution in [0.3, 0.4) is 0 Å².